The van der Waals surface area contributed by atoms with E-state index in [0.717, 1.165) is 40.1 Å². The summed E-state index contributed by atoms with van der Waals surface area (Å²) in [6.45, 7) is 0. The molecular formula is C15H17N3O2S. The molecule has 2 aromatic rings. The van der Waals surface area contributed by atoms with Crippen molar-refractivity contribution in [3.63, 3.8) is 0 Å². The molecule has 5 nitrogen and oxygen atoms in total. The monoisotopic (exact) mass is 303 g/mol. The van der Waals surface area contributed by atoms with E-state index in [4.69, 9.17) is 14.5 Å². The van der Waals surface area contributed by atoms with Gasteiger partial charge in [0.1, 0.15) is 17.3 Å². The molecule has 6 heteroatoms. The number of hydrogen-bond donors (Lipinski definition) is 1. The van der Waals surface area contributed by atoms with Gasteiger partial charge in [0.15, 0.2) is 5.82 Å². The molecule has 1 aromatic heterocycles. The van der Waals surface area contributed by atoms with Crippen LogP contribution < -0.4 is 14.8 Å². The normalized spacial score (nSPS) is 12.9. The van der Waals surface area contributed by atoms with Crippen LogP contribution in [-0.2, 0) is 11.5 Å². The third-order valence-corrected chi connectivity index (χ3v) is 4.39. The smallest absolute Gasteiger partial charge is 0.162 e. The molecular weight excluding hydrogens is 286 g/mol. The van der Waals surface area contributed by atoms with Crippen molar-refractivity contribution >= 4 is 17.6 Å². The number of benzene rings is 1. The van der Waals surface area contributed by atoms with Crippen molar-refractivity contribution in [2.24, 2.45) is 0 Å². The number of aromatic nitrogens is 2. The highest BCUT2D eigenvalue weighted by Crippen LogP contribution is 2.35. The number of nitrogens with zero attached hydrogens (tertiary/aromatic N) is 2. The van der Waals surface area contributed by atoms with Gasteiger partial charge in [-0.25, -0.2) is 9.97 Å². The second-order valence-corrected chi connectivity index (χ2v) is 5.65. The summed E-state index contributed by atoms with van der Waals surface area (Å²) < 4.78 is 10.6. The Morgan fingerprint density at radius 2 is 1.76 bits per heavy atom. The Kier molecular flexibility index (Phi) is 3.88. The first-order valence-corrected chi connectivity index (χ1v) is 7.79. The molecule has 0 spiro atoms. The van der Waals surface area contributed by atoms with Crippen LogP contribution in [0.2, 0.25) is 0 Å². The topological polar surface area (TPSA) is 56.3 Å². The molecule has 1 N–H and O–H groups in total. The van der Waals surface area contributed by atoms with Crippen LogP contribution in [0.3, 0.4) is 0 Å². The van der Waals surface area contributed by atoms with Crippen molar-refractivity contribution in [1.82, 2.24) is 9.97 Å². The van der Waals surface area contributed by atoms with Gasteiger partial charge in [-0.1, -0.05) is 0 Å². The molecule has 2 heterocycles. The number of thioether (sulfide) groups is 1. The van der Waals surface area contributed by atoms with Crippen molar-refractivity contribution in [3.05, 3.63) is 29.5 Å². The number of ether oxygens (including phenoxy) is 2. The van der Waals surface area contributed by atoms with Gasteiger partial charge in [0.2, 0.25) is 0 Å². The molecule has 0 amide bonds. The summed E-state index contributed by atoms with van der Waals surface area (Å²) in [5.41, 5.74) is 3.21. The zero-order valence-corrected chi connectivity index (χ0v) is 13.1. The number of anilines is 1. The molecule has 1 aromatic carbocycles. The Balaban J connectivity index is 2.12. The van der Waals surface area contributed by atoms with Crippen LogP contribution in [0.1, 0.15) is 11.3 Å². The van der Waals surface area contributed by atoms with Crippen molar-refractivity contribution < 1.29 is 9.47 Å². The molecule has 1 aliphatic rings. The third kappa shape index (κ3) is 2.63. The lowest BCUT2D eigenvalue weighted by Crippen LogP contribution is -2.03. The Morgan fingerprint density at radius 1 is 1.05 bits per heavy atom. The maximum Gasteiger partial charge on any atom is 0.162 e. The number of methoxy groups -OCH3 is 2. The number of rotatable bonds is 4. The van der Waals surface area contributed by atoms with Crippen LogP contribution in [0.4, 0.5) is 5.82 Å². The molecule has 3 rings (SSSR count). The summed E-state index contributed by atoms with van der Waals surface area (Å²) in [5.74, 6) is 4.95. The van der Waals surface area contributed by atoms with E-state index in [-0.39, 0.29) is 0 Å². The fourth-order valence-electron chi connectivity index (χ4n) is 2.32. The Hall–Kier alpha value is -1.95. The van der Waals surface area contributed by atoms with E-state index in [0.29, 0.717) is 5.82 Å². The van der Waals surface area contributed by atoms with Gasteiger partial charge in [-0.05, 0) is 12.1 Å². The molecule has 0 radical (unpaired) electrons. The van der Waals surface area contributed by atoms with E-state index in [9.17, 15) is 0 Å². The standard InChI is InChI=1S/C15H17N3O2S/c1-16-15-12-7-21-8-13(12)17-14(18-15)9-4-10(19-2)6-11(5-9)20-3/h4-6H,7-8H2,1-3H3,(H,16,17,18). The first-order valence-electron chi connectivity index (χ1n) is 6.64. The highest BCUT2D eigenvalue weighted by molar-refractivity contribution is 7.98. The van der Waals surface area contributed by atoms with Gasteiger partial charge < -0.3 is 14.8 Å². The highest BCUT2D eigenvalue weighted by atomic mass is 32.2. The van der Waals surface area contributed by atoms with Crippen molar-refractivity contribution in [2.45, 2.75) is 11.5 Å². The fraction of sp³-hybridized carbons (Fsp3) is 0.333. The van der Waals surface area contributed by atoms with E-state index < -0.39 is 0 Å². The maximum absolute atomic E-state index is 5.31. The Labute approximate surface area is 128 Å². The lowest BCUT2D eigenvalue weighted by atomic mass is 10.1. The van der Waals surface area contributed by atoms with Crippen molar-refractivity contribution in [1.29, 1.82) is 0 Å². The van der Waals surface area contributed by atoms with E-state index in [1.807, 2.05) is 37.0 Å². The minimum Gasteiger partial charge on any atom is -0.497 e. The van der Waals surface area contributed by atoms with E-state index >= 15 is 0 Å². The van der Waals surface area contributed by atoms with E-state index in [1.165, 1.54) is 5.56 Å². The Bertz CT molecular complexity index is 654. The van der Waals surface area contributed by atoms with Crippen molar-refractivity contribution in [2.75, 3.05) is 26.6 Å². The lowest BCUT2D eigenvalue weighted by Gasteiger charge is -2.11. The van der Waals surface area contributed by atoms with Crippen LogP contribution in [0, 0.1) is 0 Å². The van der Waals surface area contributed by atoms with Gasteiger partial charge in [0.05, 0.1) is 19.9 Å². The average molecular weight is 303 g/mol. The van der Waals surface area contributed by atoms with Crippen molar-refractivity contribution in [3.8, 4) is 22.9 Å². The second kappa shape index (κ2) is 5.81. The van der Waals surface area contributed by atoms with Gasteiger partial charge >= 0.3 is 0 Å². The van der Waals surface area contributed by atoms with Gasteiger partial charge in [-0.15, -0.1) is 0 Å². The molecule has 0 aliphatic carbocycles. The molecule has 21 heavy (non-hydrogen) atoms. The minimum absolute atomic E-state index is 0.692. The largest absolute Gasteiger partial charge is 0.497 e. The second-order valence-electron chi connectivity index (χ2n) is 4.67. The summed E-state index contributed by atoms with van der Waals surface area (Å²) in [7, 11) is 5.16. The number of hydrogen-bond acceptors (Lipinski definition) is 6. The number of nitrogens with one attached hydrogen (secondary N) is 1. The van der Waals surface area contributed by atoms with Crippen LogP contribution in [0.15, 0.2) is 18.2 Å². The zero-order chi connectivity index (χ0) is 14.8. The zero-order valence-electron chi connectivity index (χ0n) is 12.3. The maximum atomic E-state index is 5.31. The summed E-state index contributed by atoms with van der Waals surface area (Å²) in [6.07, 6.45) is 0. The quantitative estimate of drug-likeness (QED) is 0.937. The molecule has 0 atom stereocenters. The van der Waals surface area contributed by atoms with Crippen LogP contribution in [0.5, 0.6) is 11.5 Å². The van der Waals surface area contributed by atoms with Crippen LogP contribution >= 0.6 is 11.8 Å². The fourth-order valence-corrected chi connectivity index (χ4v) is 3.37. The predicted molar refractivity (Wildman–Crippen MR) is 85.1 cm³/mol. The summed E-state index contributed by atoms with van der Waals surface area (Å²) in [5, 5.41) is 3.17. The van der Waals surface area contributed by atoms with E-state index in [1.54, 1.807) is 14.2 Å². The van der Waals surface area contributed by atoms with Gasteiger partial charge in [-0.2, -0.15) is 11.8 Å². The average Bonchev–Trinajstić information content (AvgIpc) is 3.01. The molecule has 110 valence electrons. The third-order valence-electron chi connectivity index (χ3n) is 3.42. The van der Waals surface area contributed by atoms with E-state index in [2.05, 4.69) is 10.3 Å². The van der Waals surface area contributed by atoms with Crippen LogP contribution in [-0.4, -0.2) is 31.2 Å². The minimum atomic E-state index is 0.692. The van der Waals surface area contributed by atoms with Crippen LogP contribution in [0.25, 0.3) is 11.4 Å². The molecule has 1 aliphatic heterocycles. The lowest BCUT2D eigenvalue weighted by molar-refractivity contribution is 0.394. The summed E-state index contributed by atoms with van der Waals surface area (Å²) in [4.78, 5) is 9.34. The molecule has 0 saturated heterocycles. The molecule has 0 unspecified atom stereocenters. The molecule has 0 bridgehead atoms. The number of fused-ring (bicyclic) bond motifs is 1. The van der Waals surface area contributed by atoms with Gasteiger partial charge in [0.25, 0.3) is 0 Å². The Morgan fingerprint density at radius 3 is 2.38 bits per heavy atom. The summed E-state index contributed by atoms with van der Waals surface area (Å²) in [6, 6.07) is 5.68. The van der Waals surface area contributed by atoms with Gasteiger partial charge in [0, 0.05) is 35.7 Å². The SMILES string of the molecule is CNc1nc(-c2cc(OC)cc(OC)c2)nc2c1CSC2. The summed E-state index contributed by atoms with van der Waals surface area (Å²) >= 11 is 1.86. The predicted octanol–water partition coefficient (Wildman–Crippen LogP) is 2.95. The first kappa shape index (κ1) is 14.0. The highest BCUT2D eigenvalue weighted by Gasteiger charge is 2.20. The first-order chi connectivity index (χ1) is 10.2. The molecule has 0 saturated carbocycles. The van der Waals surface area contributed by atoms with Gasteiger partial charge in [-0.3, -0.25) is 0 Å². The molecule has 0 fully saturated rings.